The molecule has 0 aliphatic rings. The maximum absolute atomic E-state index is 12.5. The third-order valence-corrected chi connectivity index (χ3v) is 6.33. The van der Waals surface area contributed by atoms with Crippen LogP contribution in [0.5, 0.6) is 0 Å². The van der Waals surface area contributed by atoms with Crippen molar-refractivity contribution in [1.29, 1.82) is 0 Å². The fraction of sp³-hybridized carbons (Fsp3) is 0.150. The van der Waals surface area contributed by atoms with Crippen LogP contribution in [0.1, 0.15) is 33.4 Å². The van der Waals surface area contributed by atoms with Gasteiger partial charge in [-0.1, -0.05) is 47.4 Å². The quantitative estimate of drug-likeness (QED) is 0.261. The Hall–Kier alpha value is -3.44. The largest absolute Gasteiger partial charge is 0.271 e. The Bertz CT molecular complexity index is 1200. The average molecular weight is 451 g/mol. The Balaban J connectivity index is 1.36. The molecule has 0 aliphatic heterocycles. The Labute approximate surface area is 186 Å². The van der Waals surface area contributed by atoms with E-state index in [9.17, 15) is 4.79 Å². The number of aromatic nitrogens is 6. The highest BCUT2D eigenvalue weighted by molar-refractivity contribution is 8.00. The molecule has 0 unspecified atom stereocenters. The van der Waals surface area contributed by atoms with E-state index in [1.807, 2.05) is 50.2 Å². The third kappa shape index (κ3) is 5.38. The lowest BCUT2D eigenvalue weighted by molar-refractivity contribution is 0.0955. The number of thioether (sulfide) groups is 1. The molecular formula is C20H18N8OS2. The standard InChI is InChI=1S/C20H18N8OS2/c1-13(17-4-3-5-18(10-17)28-12-21-26-27-28)22-24-19(29)16-8-6-15(7-9-16)11-30-20-25-23-14(2)31-20/h3-10,12H,11H2,1-2H3,(H,24,29)/b22-13+. The summed E-state index contributed by atoms with van der Waals surface area (Å²) in [5.41, 5.74) is 6.59. The van der Waals surface area contributed by atoms with Crippen molar-refractivity contribution in [3.8, 4) is 5.69 Å². The van der Waals surface area contributed by atoms with E-state index in [1.54, 1.807) is 39.9 Å². The van der Waals surface area contributed by atoms with Gasteiger partial charge in [-0.25, -0.2) is 10.1 Å². The molecule has 4 aromatic rings. The van der Waals surface area contributed by atoms with Crippen molar-refractivity contribution < 1.29 is 4.79 Å². The summed E-state index contributed by atoms with van der Waals surface area (Å²) in [4.78, 5) is 12.5. The molecule has 0 spiro atoms. The molecule has 0 radical (unpaired) electrons. The van der Waals surface area contributed by atoms with Gasteiger partial charge in [-0.05, 0) is 59.7 Å². The summed E-state index contributed by atoms with van der Waals surface area (Å²) < 4.78 is 2.50. The van der Waals surface area contributed by atoms with E-state index in [0.29, 0.717) is 11.3 Å². The van der Waals surface area contributed by atoms with E-state index in [0.717, 1.165) is 31.9 Å². The molecule has 2 aromatic carbocycles. The molecule has 0 saturated carbocycles. The minimum Gasteiger partial charge on any atom is -0.267 e. The fourth-order valence-corrected chi connectivity index (χ4v) is 4.42. The number of nitrogens with one attached hydrogen (secondary N) is 1. The molecule has 11 heteroatoms. The first-order valence-electron chi connectivity index (χ1n) is 9.29. The van der Waals surface area contributed by atoms with E-state index >= 15 is 0 Å². The van der Waals surface area contributed by atoms with Crippen molar-refractivity contribution in [1.82, 2.24) is 35.8 Å². The zero-order valence-electron chi connectivity index (χ0n) is 16.8. The first kappa shape index (κ1) is 20.8. The summed E-state index contributed by atoms with van der Waals surface area (Å²) in [7, 11) is 0. The van der Waals surface area contributed by atoms with Crippen LogP contribution in [-0.2, 0) is 5.75 Å². The Morgan fingerprint density at radius 2 is 2.00 bits per heavy atom. The van der Waals surface area contributed by atoms with Crippen LogP contribution in [0.3, 0.4) is 0 Å². The van der Waals surface area contributed by atoms with Crippen LogP contribution in [0, 0.1) is 6.92 Å². The lowest BCUT2D eigenvalue weighted by Gasteiger charge is -2.06. The first-order valence-corrected chi connectivity index (χ1v) is 11.1. The lowest BCUT2D eigenvalue weighted by Crippen LogP contribution is -2.19. The molecule has 9 nitrogen and oxygen atoms in total. The number of hydrogen-bond donors (Lipinski definition) is 1. The molecule has 4 rings (SSSR count). The van der Waals surface area contributed by atoms with Crippen molar-refractivity contribution in [2.45, 2.75) is 23.9 Å². The number of hydrogen-bond acceptors (Lipinski definition) is 9. The molecule has 2 heterocycles. The molecule has 0 bridgehead atoms. The van der Waals surface area contributed by atoms with Crippen LogP contribution < -0.4 is 5.43 Å². The Morgan fingerprint density at radius 3 is 2.71 bits per heavy atom. The summed E-state index contributed by atoms with van der Waals surface area (Å²) in [6.45, 7) is 3.76. The zero-order chi connectivity index (χ0) is 21.6. The number of carbonyl (C=O) groups excluding carboxylic acids is 1. The number of amides is 1. The van der Waals surface area contributed by atoms with Crippen LogP contribution in [0.2, 0.25) is 0 Å². The Kier molecular flexibility index (Phi) is 6.43. The van der Waals surface area contributed by atoms with Crippen molar-refractivity contribution in [3.05, 3.63) is 76.6 Å². The minimum absolute atomic E-state index is 0.269. The zero-order valence-corrected chi connectivity index (χ0v) is 18.4. The summed E-state index contributed by atoms with van der Waals surface area (Å²) in [6, 6.07) is 15.0. The predicted octanol–water partition coefficient (Wildman–Crippen LogP) is 3.27. The highest BCUT2D eigenvalue weighted by Crippen LogP contribution is 2.25. The lowest BCUT2D eigenvalue weighted by atomic mass is 10.1. The van der Waals surface area contributed by atoms with Crippen molar-refractivity contribution in [2.24, 2.45) is 5.10 Å². The molecule has 0 saturated heterocycles. The summed E-state index contributed by atoms with van der Waals surface area (Å²) in [5, 5.41) is 24.5. The SMILES string of the molecule is C/C(=N\NC(=O)c1ccc(CSc2nnc(C)s2)cc1)c1cccc(-n2cnnn2)c1. The summed E-state index contributed by atoms with van der Waals surface area (Å²) in [6.07, 6.45) is 1.52. The van der Waals surface area contributed by atoms with Crippen LogP contribution in [0.4, 0.5) is 0 Å². The predicted molar refractivity (Wildman–Crippen MR) is 119 cm³/mol. The molecule has 1 amide bonds. The number of aryl methyl sites for hydroxylation is 1. The average Bonchev–Trinajstić information content (AvgIpc) is 3.48. The topological polar surface area (TPSA) is 111 Å². The smallest absolute Gasteiger partial charge is 0.267 e. The number of nitrogens with zero attached hydrogens (tertiary/aromatic N) is 7. The van der Waals surface area contributed by atoms with Gasteiger partial charge in [0.1, 0.15) is 11.3 Å². The summed E-state index contributed by atoms with van der Waals surface area (Å²) >= 11 is 3.20. The number of rotatable bonds is 7. The maximum atomic E-state index is 12.5. The second kappa shape index (κ2) is 9.58. The molecule has 0 fully saturated rings. The van der Waals surface area contributed by atoms with Crippen LogP contribution in [-0.4, -0.2) is 42.0 Å². The molecular weight excluding hydrogens is 432 g/mol. The van der Waals surface area contributed by atoms with Gasteiger partial charge in [-0.2, -0.15) is 5.10 Å². The Morgan fingerprint density at radius 1 is 1.16 bits per heavy atom. The minimum atomic E-state index is -0.269. The molecule has 31 heavy (non-hydrogen) atoms. The molecule has 156 valence electrons. The van der Waals surface area contributed by atoms with Gasteiger partial charge in [-0.15, -0.1) is 15.3 Å². The second-order valence-corrected chi connectivity index (χ2v) is 8.92. The van der Waals surface area contributed by atoms with Gasteiger partial charge in [0, 0.05) is 11.3 Å². The first-order chi connectivity index (χ1) is 15.1. The van der Waals surface area contributed by atoms with Gasteiger partial charge in [0.15, 0.2) is 4.34 Å². The number of benzene rings is 2. The van der Waals surface area contributed by atoms with Gasteiger partial charge in [-0.3, -0.25) is 4.79 Å². The highest BCUT2D eigenvalue weighted by atomic mass is 32.2. The number of tetrazole rings is 1. The number of carbonyl (C=O) groups is 1. The normalized spacial score (nSPS) is 11.5. The van der Waals surface area contributed by atoms with Crippen LogP contribution >= 0.6 is 23.1 Å². The van der Waals surface area contributed by atoms with Crippen molar-refractivity contribution in [2.75, 3.05) is 0 Å². The third-order valence-electron chi connectivity index (χ3n) is 4.29. The maximum Gasteiger partial charge on any atom is 0.271 e. The van der Waals surface area contributed by atoms with Crippen LogP contribution in [0.25, 0.3) is 5.69 Å². The van der Waals surface area contributed by atoms with Gasteiger partial charge < -0.3 is 0 Å². The summed E-state index contributed by atoms with van der Waals surface area (Å²) in [5.74, 6) is 0.501. The monoisotopic (exact) mass is 450 g/mol. The van der Waals surface area contributed by atoms with E-state index in [2.05, 4.69) is 36.3 Å². The van der Waals surface area contributed by atoms with E-state index in [4.69, 9.17) is 0 Å². The van der Waals surface area contributed by atoms with Crippen molar-refractivity contribution in [3.63, 3.8) is 0 Å². The fourth-order valence-electron chi connectivity index (χ4n) is 2.65. The highest BCUT2D eigenvalue weighted by Gasteiger charge is 2.07. The molecule has 0 aliphatic carbocycles. The van der Waals surface area contributed by atoms with E-state index < -0.39 is 0 Å². The van der Waals surface area contributed by atoms with E-state index in [-0.39, 0.29) is 5.91 Å². The second-order valence-electron chi connectivity index (χ2n) is 6.52. The molecule has 0 atom stereocenters. The van der Waals surface area contributed by atoms with Crippen molar-refractivity contribution >= 4 is 34.7 Å². The molecule has 2 aromatic heterocycles. The molecule has 1 N–H and O–H groups in total. The van der Waals surface area contributed by atoms with E-state index in [1.165, 1.54) is 6.33 Å². The van der Waals surface area contributed by atoms with Crippen LogP contribution in [0.15, 0.2) is 64.3 Å². The van der Waals surface area contributed by atoms with Gasteiger partial charge in [0.2, 0.25) is 0 Å². The number of hydrazone groups is 1. The van der Waals surface area contributed by atoms with Gasteiger partial charge in [0.25, 0.3) is 5.91 Å². The van der Waals surface area contributed by atoms with Gasteiger partial charge >= 0.3 is 0 Å². The van der Waals surface area contributed by atoms with Gasteiger partial charge in [0.05, 0.1) is 11.4 Å².